The monoisotopic (exact) mass is 186 g/mol. The second-order valence-corrected chi connectivity index (χ2v) is 3.69. The van der Waals surface area contributed by atoms with Crippen molar-refractivity contribution in [3.8, 4) is 0 Å². The van der Waals surface area contributed by atoms with Gasteiger partial charge in [0, 0.05) is 0 Å². The van der Waals surface area contributed by atoms with Gasteiger partial charge in [0.1, 0.15) is 0 Å². The van der Waals surface area contributed by atoms with Gasteiger partial charge >= 0.3 is 0 Å². The molecule has 1 atom stereocenters. The Balaban J connectivity index is 2.36. The van der Waals surface area contributed by atoms with Crippen LogP contribution in [0.2, 0.25) is 0 Å². The van der Waals surface area contributed by atoms with Gasteiger partial charge in [-0.3, -0.25) is 10.5 Å². The third kappa shape index (κ3) is 2.98. The summed E-state index contributed by atoms with van der Waals surface area (Å²) in [5.74, 6) is -0.243. The van der Waals surface area contributed by atoms with E-state index in [-0.39, 0.29) is 11.5 Å². The maximum absolute atomic E-state index is 11.0. The van der Waals surface area contributed by atoms with Gasteiger partial charge in [0.2, 0.25) is 0 Å². The van der Waals surface area contributed by atoms with Gasteiger partial charge < -0.3 is 8.97 Å². The third-order valence-corrected chi connectivity index (χ3v) is 2.37. The highest BCUT2D eigenvalue weighted by molar-refractivity contribution is 7.91. The SMILES string of the molecule is [NH]C(=O)C[S+]([O-])Cc1ccco1. The van der Waals surface area contributed by atoms with Crippen LogP contribution in [0.5, 0.6) is 0 Å². The molecule has 1 aromatic heterocycles. The minimum atomic E-state index is -1.31. The number of rotatable bonds is 4. The summed E-state index contributed by atoms with van der Waals surface area (Å²) in [6.07, 6.45) is 1.48. The number of amides is 1. The molecule has 0 aliphatic heterocycles. The fraction of sp³-hybridized carbons (Fsp3) is 0.286. The summed E-state index contributed by atoms with van der Waals surface area (Å²) in [4.78, 5) is 10.2. The minimum Gasteiger partial charge on any atom is -0.616 e. The quantitative estimate of drug-likeness (QED) is 0.636. The smallest absolute Gasteiger partial charge is 0.288 e. The summed E-state index contributed by atoms with van der Waals surface area (Å²) in [6.45, 7) is 0. The average molecular weight is 186 g/mol. The number of carbonyl (C=O) groups is 1. The first-order valence-corrected chi connectivity index (χ1v) is 4.79. The van der Waals surface area contributed by atoms with E-state index in [1.165, 1.54) is 6.26 Å². The summed E-state index contributed by atoms with van der Waals surface area (Å²) >= 11 is -1.31. The fourth-order valence-corrected chi connectivity index (χ4v) is 1.63. The van der Waals surface area contributed by atoms with Crippen LogP contribution in [0.25, 0.3) is 0 Å². The van der Waals surface area contributed by atoms with E-state index in [9.17, 15) is 9.35 Å². The topological polar surface area (TPSA) is 77.1 Å². The van der Waals surface area contributed by atoms with Crippen molar-refractivity contribution in [2.75, 3.05) is 5.75 Å². The van der Waals surface area contributed by atoms with Crippen LogP contribution in [0.1, 0.15) is 5.76 Å². The highest BCUT2D eigenvalue weighted by atomic mass is 32.2. The minimum absolute atomic E-state index is 0.206. The van der Waals surface area contributed by atoms with Crippen LogP contribution in [0.4, 0.5) is 0 Å². The lowest BCUT2D eigenvalue weighted by Gasteiger charge is -2.05. The van der Waals surface area contributed by atoms with Crippen molar-refractivity contribution in [1.29, 1.82) is 0 Å². The van der Waals surface area contributed by atoms with Crippen LogP contribution in [-0.2, 0) is 21.7 Å². The van der Waals surface area contributed by atoms with Crippen LogP contribution >= 0.6 is 0 Å². The summed E-state index contributed by atoms with van der Waals surface area (Å²) in [5.41, 5.74) is 6.57. The van der Waals surface area contributed by atoms with Gasteiger partial charge in [-0.1, -0.05) is 0 Å². The van der Waals surface area contributed by atoms with Crippen LogP contribution in [0.15, 0.2) is 22.8 Å². The second kappa shape index (κ2) is 4.18. The zero-order chi connectivity index (χ0) is 8.97. The molecule has 0 saturated heterocycles. The van der Waals surface area contributed by atoms with E-state index in [0.717, 1.165) is 0 Å². The Morgan fingerprint density at radius 2 is 2.50 bits per heavy atom. The van der Waals surface area contributed by atoms with Gasteiger partial charge in [-0.05, 0) is 23.3 Å². The van der Waals surface area contributed by atoms with Gasteiger partial charge in [-0.2, -0.15) is 0 Å². The number of carbonyl (C=O) groups excluding carboxylic acids is 1. The van der Waals surface area contributed by atoms with Gasteiger partial charge in [0.25, 0.3) is 5.91 Å². The molecule has 0 bridgehead atoms. The molecule has 0 aliphatic rings. The van der Waals surface area contributed by atoms with Crippen molar-refractivity contribution < 1.29 is 13.8 Å². The van der Waals surface area contributed by atoms with Crippen molar-refractivity contribution in [3.63, 3.8) is 0 Å². The van der Waals surface area contributed by atoms with Crippen LogP contribution in [0, 0.1) is 0 Å². The first-order valence-electron chi connectivity index (χ1n) is 3.30. The molecule has 1 rings (SSSR count). The Bertz CT molecular complexity index is 247. The van der Waals surface area contributed by atoms with Crippen molar-refractivity contribution in [2.45, 2.75) is 5.75 Å². The van der Waals surface area contributed by atoms with E-state index in [0.29, 0.717) is 5.76 Å². The number of hydrogen-bond acceptors (Lipinski definition) is 3. The fourth-order valence-electron chi connectivity index (χ4n) is 0.751. The maximum Gasteiger partial charge on any atom is 0.288 e. The Labute approximate surface area is 72.9 Å². The molecule has 1 unspecified atom stereocenters. The molecule has 1 N–H and O–H groups in total. The molecule has 1 aromatic rings. The Hall–Kier alpha value is -0.940. The molecular formula is C7H8NO3S. The van der Waals surface area contributed by atoms with E-state index >= 15 is 0 Å². The summed E-state index contributed by atoms with van der Waals surface area (Å²) in [5, 5.41) is 0. The lowest BCUT2D eigenvalue weighted by molar-refractivity contribution is -0.116. The zero-order valence-electron chi connectivity index (χ0n) is 6.28. The molecule has 0 saturated carbocycles. The summed E-state index contributed by atoms with van der Waals surface area (Å²) in [7, 11) is 0. The van der Waals surface area contributed by atoms with Crippen LogP contribution in [-0.4, -0.2) is 16.2 Å². The van der Waals surface area contributed by atoms with E-state index in [1.807, 2.05) is 0 Å². The molecule has 5 heteroatoms. The van der Waals surface area contributed by atoms with Gasteiger partial charge in [-0.15, -0.1) is 0 Å². The van der Waals surface area contributed by atoms with E-state index in [4.69, 9.17) is 10.2 Å². The third-order valence-electron chi connectivity index (χ3n) is 1.18. The zero-order valence-corrected chi connectivity index (χ0v) is 7.10. The molecular weight excluding hydrogens is 178 g/mol. The van der Waals surface area contributed by atoms with Crippen LogP contribution < -0.4 is 5.73 Å². The number of nitrogens with one attached hydrogen (secondary N) is 1. The molecule has 65 valence electrons. The molecule has 1 heterocycles. The molecule has 12 heavy (non-hydrogen) atoms. The Morgan fingerprint density at radius 1 is 1.75 bits per heavy atom. The average Bonchev–Trinajstić information content (AvgIpc) is 2.37. The highest BCUT2D eigenvalue weighted by Gasteiger charge is 2.12. The maximum atomic E-state index is 11.0. The predicted octanol–water partition coefficient (Wildman–Crippen LogP) is 0.338. The van der Waals surface area contributed by atoms with Crippen molar-refractivity contribution in [1.82, 2.24) is 5.73 Å². The molecule has 0 aromatic carbocycles. The lowest BCUT2D eigenvalue weighted by Crippen LogP contribution is -2.17. The molecule has 0 spiro atoms. The highest BCUT2D eigenvalue weighted by Crippen LogP contribution is 2.06. The van der Waals surface area contributed by atoms with Crippen LogP contribution in [0.3, 0.4) is 0 Å². The van der Waals surface area contributed by atoms with Crippen molar-refractivity contribution >= 4 is 17.1 Å². The molecule has 1 amide bonds. The normalized spacial score (nSPS) is 12.8. The Kier molecular flexibility index (Phi) is 3.19. The molecule has 0 aliphatic carbocycles. The summed E-state index contributed by atoms with van der Waals surface area (Å²) in [6, 6.07) is 3.38. The van der Waals surface area contributed by atoms with Crippen molar-refractivity contribution in [3.05, 3.63) is 24.2 Å². The second-order valence-electron chi connectivity index (χ2n) is 2.23. The van der Waals surface area contributed by atoms with E-state index < -0.39 is 17.1 Å². The molecule has 0 fully saturated rings. The molecule has 1 radical (unpaired) electrons. The first-order chi connectivity index (χ1) is 5.68. The number of furan rings is 1. The predicted molar refractivity (Wildman–Crippen MR) is 43.5 cm³/mol. The van der Waals surface area contributed by atoms with E-state index in [1.54, 1.807) is 12.1 Å². The molecule has 4 nitrogen and oxygen atoms in total. The van der Waals surface area contributed by atoms with Gasteiger partial charge in [0.15, 0.2) is 17.3 Å². The van der Waals surface area contributed by atoms with Crippen molar-refractivity contribution in [2.24, 2.45) is 0 Å². The van der Waals surface area contributed by atoms with Gasteiger partial charge in [-0.25, -0.2) is 0 Å². The largest absolute Gasteiger partial charge is 0.616 e. The Morgan fingerprint density at radius 3 is 3.00 bits per heavy atom. The lowest BCUT2D eigenvalue weighted by atomic mass is 10.5. The first kappa shape index (κ1) is 9.15. The summed E-state index contributed by atoms with van der Waals surface area (Å²) < 4.78 is 16.0. The number of hydrogen-bond donors (Lipinski definition) is 0. The van der Waals surface area contributed by atoms with Gasteiger partial charge in [0.05, 0.1) is 6.26 Å². The van der Waals surface area contributed by atoms with E-state index in [2.05, 4.69) is 0 Å². The standard InChI is InChI=1S/C7H8NO3S/c8-7(9)5-12(10)4-6-2-1-3-11-6/h1-3,8H,4-5H2.